The highest BCUT2D eigenvalue weighted by molar-refractivity contribution is 5.83. The zero-order valence-electron chi connectivity index (χ0n) is 12.5. The minimum absolute atomic E-state index is 0.318. The zero-order chi connectivity index (χ0) is 13.8. The van der Waals surface area contributed by atoms with Crippen LogP contribution >= 0.6 is 0 Å². The van der Waals surface area contributed by atoms with Gasteiger partial charge >= 0.3 is 0 Å². The van der Waals surface area contributed by atoms with Gasteiger partial charge in [0.05, 0.1) is 0 Å². The summed E-state index contributed by atoms with van der Waals surface area (Å²) in [7, 11) is 0. The van der Waals surface area contributed by atoms with Gasteiger partial charge < -0.3 is 0 Å². The summed E-state index contributed by atoms with van der Waals surface area (Å²) in [6, 6.07) is 6.43. The van der Waals surface area contributed by atoms with Crippen molar-refractivity contribution in [1.82, 2.24) is 0 Å². The van der Waals surface area contributed by atoms with Gasteiger partial charge in [-0.1, -0.05) is 49.9 Å². The molecule has 1 aliphatic carbocycles. The lowest BCUT2D eigenvalue weighted by molar-refractivity contribution is -0.123. The lowest BCUT2D eigenvalue weighted by Gasteiger charge is -2.27. The number of carbonyl (C=O) groups excluding carboxylic acids is 1. The van der Waals surface area contributed by atoms with Crippen LogP contribution in [0.15, 0.2) is 18.2 Å². The summed E-state index contributed by atoms with van der Waals surface area (Å²) in [5, 5.41) is 0. The Hall–Kier alpha value is -1.11. The number of carbonyl (C=O) groups is 1. The van der Waals surface area contributed by atoms with Crippen LogP contribution in [0.2, 0.25) is 0 Å². The van der Waals surface area contributed by atoms with Crippen LogP contribution in [-0.2, 0) is 11.2 Å². The van der Waals surface area contributed by atoms with Crippen LogP contribution < -0.4 is 0 Å². The smallest absolute Gasteiger partial charge is 0.140 e. The molecule has 0 aliphatic heterocycles. The highest BCUT2D eigenvalue weighted by Gasteiger charge is 2.26. The van der Waals surface area contributed by atoms with Gasteiger partial charge in [0.15, 0.2) is 0 Å². The molecule has 0 heterocycles. The van der Waals surface area contributed by atoms with Gasteiger partial charge in [0.2, 0.25) is 0 Å². The lowest BCUT2D eigenvalue weighted by atomic mass is 9.77. The fourth-order valence-electron chi connectivity index (χ4n) is 3.28. The first kappa shape index (κ1) is 14.3. The molecule has 0 saturated heterocycles. The van der Waals surface area contributed by atoms with E-state index in [-0.39, 0.29) is 0 Å². The van der Waals surface area contributed by atoms with E-state index in [4.69, 9.17) is 0 Å². The second-order valence-corrected chi connectivity index (χ2v) is 6.21. The SMILES string of the molecule is CCC1CCCC(C(=O)Cc2cc(C)ccc2C)C1. The Morgan fingerprint density at radius 1 is 1.26 bits per heavy atom. The van der Waals surface area contributed by atoms with Gasteiger partial charge in [-0.05, 0) is 43.7 Å². The van der Waals surface area contributed by atoms with Crippen molar-refractivity contribution < 1.29 is 4.79 Å². The first-order chi connectivity index (χ1) is 9.10. The van der Waals surface area contributed by atoms with Crippen LogP contribution in [0.4, 0.5) is 0 Å². The molecular weight excluding hydrogens is 232 g/mol. The van der Waals surface area contributed by atoms with E-state index in [2.05, 4.69) is 39.0 Å². The largest absolute Gasteiger partial charge is 0.299 e. The molecule has 1 fully saturated rings. The molecule has 0 spiro atoms. The van der Waals surface area contributed by atoms with E-state index < -0.39 is 0 Å². The summed E-state index contributed by atoms with van der Waals surface area (Å²) in [6.45, 7) is 6.46. The predicted octanol–water partition coefficient (Wildman–Crippen LogP) is 4.63. The quantitative estimate of drug-likeness (QED) is 0.769. The van der Waals surface area contributed by atoms with E-state index in [1.54, 1.807) is 0 Å². The highest BCUT2D eigenvalue weighted by atomic mass is 16.1. The maximum Gasteiger partial charge on any atom is 0.140 e. The normalized spacial score (nSPS) is 23.3. The van der Waals surface area contributed by atoms with E-state index in [0.717, 1.165) is 18.8 Å². The molecule has 0 radical (unpaired) electrons. The number of rotatable bonds is 4. The number of hydrogen-bond donors (Lipinski definition) is 0. The molecule has 2 atom stereocenters. The molecular formula is C18H26O. The molecule has 0 bridgehead atoms. The van der Waals surface area contributed by atoms with Crippen molar-refractivity contribution in [2.45, 2.75) is 59.3 Å². The average molecular weight is 258 g/mol. The lowest BCUT2D eigenvalue weighted by Crippen LogP contribution is -2.24. The third-order valence-corrected chi connectivity index (χ3v) is 4.68. The monoisotopic (exact) mass is 258 g/mol. The zero-order valence-corrected chi connectivity index (χ0v) is 12.5. The van der Waals surface area contributed by atoms with Crippen LogP contribution in [0.1, 0.15) is 55.7 Å². The van der Waals surface area contributed by atoms with Gasteiger partial charge in [0.1, 0.15) is 5.78 Å². The first-order valence-corrected chi connectivity index (χ1v) is 7.69. The Balaban J connectivity index is 2.02. The molecule has 0 amide bonds. The van der Waals surface area contributed by atoms with Crippen molar-refractivity contribution in [2.24, 2.45) is 11.8 Å². The van der Waals surface area contributed by atoms with Gasteiger partial charge in [-0.15, -0.1) is 0 Å². The second kappa shape index (κ2) is 6.36. The van der Waals surface area contributed by atoms with Gasteiger partial charge in [-0.2, -0.15) is 0 Å². The molecule has 1 aromatic carbocycles. The number of Topliss-reactive ketones (excluding diaryl/α,β-unsaturated/α-hetero) is 1. The van der Waals surface area contributed by atoms with Crippen LogP contribution in [-0.4, -0.2) is 5.78 Å². The Bertz CT molecular complexity index is 447. The van der Waals surface area contributed by atoms with Crippen LogP contribution in [0, 0.1) is 25.7 Å². The summed E-state index contributed by atoms with van der Waals surface area (Å²) in [5.41, 5.74) is 3.73. The maximum atomic E-state index is 12.5. The average Bonchev–Trinajstić information content (AvgIpc) is 2.43. The molecule has 19 heavy (non-hydrogen) atoms. The molecule has 0 N–H and O–H groups in total. The van der Waals surface area contributed by atoms with Gasteiger partial charge in [-0.25, -0.2) is 0 Å². The third kappa shape index (κ3) is 3.68. The van der Waals surface area contributed by atoms with E-state index in [1.165, 1.54) is 36.0 Å². The fraction of sp³-hybridized carbons (Fsp3) is 0.611. The predicted molar refractivity (Wildman–Crippen MR) is 80.4 cm³/mol. The topological polar surface area (TPSA) is 17.1 Å². The molecule has 1 aromatic rings. The van der Waals surface area contributed by atoms with Crippen molar-refractivity contribution in [3.8, 4) is 0 Å². The summed E-state index contributed by atoms with van der Waals surface area (Å²) in [6.07, 6.45) is 6.66. The molecule has 1 aliphatic rings. The van der Waals surface area contributed by atoms with E-state index in [9.17, 15) is 4.79 Å². The Morgan fingerprint density at radius 3 is 2.79 bits per heavy atom. The molecule has 2 rings (SSSR count). The first-order valence-electron chi connectivity index (χ1n) is 7.69. The van der Waals surface area contributed by atoms with Crippen LogP contribution in [0.5, 0.6) is 0 Å². The van der Waals surface area contributed by atoms with Gasteiger partial charge in [-0.3, -0.25) is 4.79 Å². The summed E-state index contributed by atoms with van der Waals surface area (Å²) in [5.74, 6) is 1.56. The Kier molecular flexibility index (Phi) is 4.79. The third-order valence-electron chi connectivity index (χ3n) is 4.68. The van der Waals surface area contributed by atoms with Gasteiger partial charge in [0.25, 0.3) is 0 Å². The number of aryl methyl sites for hydroxylation is 2. The van der Waals surface area contributed by atoms with E-state index in [0.29, 0.717) is 18.1 Å². The molecule has 1 nitrogen and oxygen atoms in total. The maximum absolute atomic E-state index is 12.5. The Morgan fingerprint density at radius 2 is 2.05 bits per heavy atom. The standard InChI is InChI=1S/C18H26O/c1-4-15-6-5-7-16(11-15)18(19)12-17-10-13(2)8-9-14(17)3/h8-10,15-16H,4-7,11-12H2,1-3H3. The molecule has 1 saturated carbocycles. The fourth-order valence-corrected chi connectivity index (χ4v) is 3.28. The van der Waals surface area contributed by atoms with Gasteiger partial charge in [0, 0.05) is 12.3 Å². The molecule has 2 unspecified atom stereocenters. The second-order valence-electron chi connectivity index (χ2n) is 6.21. The summed E-state index contributed by atoms with van der Waals surface area (Å²) in [4.78, 5) is 12.5. The van der Waals surface area contributed by atoms with Crippen molar-refractivity contribution in [2.75, 3.05) is 0 Å². The minimum Gasteiger partial charge on any atom is -0.299 e. The molecule has 1 heteroatoms. The van der Waals surface area contributed by atoms with Crippen LogP contribution in [0.3, 0.4) is 0 Å². The highest BCUT2D eigenvalue weighted by Crippen LogP contribution is 2.32. The van der Waals surface area contributed by atoms with Crippen molar-refractivity contribution >= 4 is 5.78 Å². The number of hydrogen-bond acceptors (Lipinski definition) is 1. The van der Waals surface area contributed by atoms with Crippen molar-refractivity contribution in [3.63, 3.8) is 0 Å². The number of benzene rings is 1. The van der Waals surface area contributed by atoms with Crippen molar-refractivity contribution in [3.05, 3.63) is 34.9 Å². The minimum atomic E-state index is 0.318. The van der Waals surface area contributed by atoms with E-state index >= 15 is 0 Å². The summed E-state index contributed by atoms with van der Waals surface area (Å²) < 4.78 is 0. The van der Waals surface area contributed by atoms with Crippen molar-refractivity contribution in [1.29, 1.82) is 0 Å². The Labute approximate surface area is 117 Å². The molecule has 104 valence electrons. The van der Waals surface area contributed by atoms with E-state index in [1.807, 2.05) is 0 Å². The number of ketones is 1. The summed E-state index contributed by atoms with van der Waals surface area (Å²) >= 11 is 0. The van der Waals surface area contributed by atoms with Crippen LogP contribution in [0.25, 0.3) is 0 Å². The molecule has 0 aromatic heterocycles.